The van der Waals surface area contributed by atoms with Gasteiger partial charge in [0.2, 0.25) is 0 Å². The number of anilines is 1. The number of alkyl halides is 3. The first-order valence-electron chi connectivity index (χ1n) is 5.12. The summed E-state index contributed by atoms with van der Waals surface area (Å²) in [5.41, 5.74) is 5.41. The molecule has 0 aromatic carbocycles. The highest BCUT2D eigenvalue weighted by Gasteiger charge is 2.34. The second-order valence-electron chi connectivity index (χ2n) is 3.91. The van der Waals surface area contributed by atoms with Crippen LogP contribution >= 0.6 is 0 Å². The van der Waals surface area contributed by atoms with Crippen LogP contribution in [0.3, 0.4) is 0 Å². The molecule has 0 bridgehead atoms. The molecule has 0 radical (unpaired) electrons. The Kier molecular flexibility index (Phi) is 2.94. The van der Waals surface area contributed by atoms with Gasteiger partial charge in [0.05, 0.1) is 23.1 Å². The third-order valence-electron chi connectivity index (χ3n) is 2.36. The Bertz CT molecular complexity index is 579. The summed E-state index contributed by atoms with van der Waals surface area (Å²) >= 11 is 0. The lowest BCUT2D eigenvalue weighted by Gasteiger charge is -2.12. The minimum absolute atomic E-state index is 0.0216. The van der Waals surface area contributed by atoms with Crippen LogP contribution in [0.1, 0.15) is 11.1 Å². The zero-order valence-corrected chi connectivity index (χ0v) is 9.49. The molecule has 2 N–H and O–H groups in total. The van der Waals surface area contributed by atoms with Gasteiger partial charge in [-0.1, -0.05) is 0 Å². The second-order valence-corrected chi connectivity index (χ2v) is 3.91. The van der Waals surface area contributed by atoms with Crippen LogP contribution in [-0.4, -0.2) is 9.97 Å². The molecule has 0 fully saturated rings. The van der Waals surface area contributed by atoms with Gasteiger partial charge < -0.3 is 5.73 Å². The zero-order valence-electron chi connectivity index (χ0n) is 9.49. The molecule has 94 valence electrons. The molecule has 2 heterocycles. The number of halogens is 3. The quantitative estimate of drug-likeness (QED) is 0.849. The molecule has 0 atom stereocenters. The van der Waals surface area contributed by atoms with Crippen LogP contribution in [0.15, 0.2) is 30.7 Å². The lowest BCUT2D eigenvalue weighted by Crippen LogP contribution is -2.09. The molecule has 0 saturated carbocycles. The van der Waals surface area contributed by atoms with Gasteiger partial charge in [-0.25, -0.2) is 0 Å². The summed E-state index contributed by atoms with van der Waals surface area (Å²) in [7, 11) is 0. The molecule has 0 unspecified atom stereocenters. The fourth-order valence-corrected chi connectivity index (χ4v) is 1.61. The maximum atomic E-state index is 12.9. The normalized spacial score (nSPS) is 11.6. The van der Waals surface area contributed by atoms with E-state index in [1.54, 1.807) is 19.2 Å². The first-order valence-corrected chi connectivity index (χ1v) is 5.12. The maximum absolute atomic E-state index is 12.9. The summed E-state index contributed by atoms with van der Waals surface area (Å²) in [5.74, 6) is 0. The smallest absolute Gasteiger partial charge is 0.397 e. The zero-order chi connectivity index (χ0) is 13.3. The second kappa shape index (κ2) is 4.29. The average Bonchev–Trinajstić information content (AvgIpc) is 2.27. The number of nitrogens with zero attached hydrogens (tertiary/aromatic N) is 2. The van der Waals surface area contributed by atoms with Gasteiger partial charge in [-0.3, -0.25) is 9.97 Å². The molecule has 2 aromatic heterocycles. The van der Waals surface area contributed by atoms with Gasteiger partial charge in [-0.05, 0) is 24.6 Å². The Morgan fingerprint density at radius 3 is 2.44 bits per heavy atom. The van der Waals surface area contributed by atoms with E-state index < -0.39 is 11.7 Å². The van der Waals surface area contributed by atoms with Gasteiger partial charge in [0, 0.05) is 18.0 Å². The van der Waals surface area contributed by atoms with Crippen LogP contribution < -0.4 is 5.73 Å². The molecule has 3 nitrogen and oxygen atoms in total. The molecule has 0 saturated heterocycles. The number of nitrogen functional groups attached to an aromatic ring is 1. The molecule has 0 amide bonds. The topological polar surface area (TPSA) is 51.8 Å². The largest absolute Gasteiger partial charge is 0.418 e. The van der Waals surface area contributed by atoms with E-state index in [2.05, 4.69) is 9.97 Å². The van der Waals surface area contributed by atoms with E-state index in [0.717, 1.165) is 11.6 Å². The van der Waals surface area contributed by atoms with Crippen LogP contribution in [0, 0.1) is 6.92 Å². The summed E-state index contributed by atoms with van der Waals surface area (Å²) in [5, 5.41) is 0. The van der Waals surface area contributed by atoms with Crippen molar-refractivity contribution in [2.75, 3.05) is 5.73 Å². The summed E-state index contributed by atoms with van der Waals surface area (Å²) in [6.07, 6.45) is -0.386. The molecule has 6 heteroatoms. The predicted octanol–water partition coefficient (Wildman–Crippen LogP) is 3.05. The van der Waals surface area contributed by atoms with Crippen molar-refractivity contribution < 1.29 is 13.2 Å². The van der Waals surface area contributed by atoms with E-state index in [4.69, 9.17) is 5.73 Å². The molecule has 2 aromatic rings. The molecule has 0 aliphatic carbocycles. The minimum Gasteiger partial charge on any atom is -0.397 e. The molecule has 0 spiro atoms. The number of aryl methyl sites for hydroxylation is 1. The molecule has 2 rings (SSSR count). The van der Waals surface area contributed by atoms with Gasteiger partial charge in [0.1, 0.15) is 0 Å². The Labute approximate surface area is 101 Å². The number of hydrogen-bond donors (Lipinski definition) is 1. The van der Waals surface area contributed by atoms with Crippen LogP contribution in [0.2, 0.25) is 0 Å². The predicted molar refractivity (Wildman–Crippen MR) is 61.6 cm³/mol. The molecular weight excluding hydrogens is 243 g/mol. The van der Waals surface area contributed by atoms with Crippen molar-refractivity contribution in [2.45, 2.75) is 13.1 Å². The summed E-state index contributed by atoms with van der Waals surface area (Å²) < 4.78 is 38.7. The summed E-state index contributed by atoms with van der Waals surface area (Å²) in [6.45, 7) is 1.75. The maximum Gasteiger partial charge on any atom is 0.418 e. The lowest BCUT2D eigenvalue weighted by atomic mass is 10.1. The van der Waals surface area contributed by atoms with Gasteiger partial charge in [0.15, 0.2) is 0 Å². The van der Waals surface area contributed by atoms with E-state index in [0.29, 0.717) is 5.56 Å². The van der Waals surface area contributed by atoms with Gasteiger partial charge >= 0.3 is 6.18 Å². The number of hydrogen-bond acceptors (Lipinski definition) is 3. The fraction of sp³-hybridized carbons (Fsp3) is 0.167. The van der Waals surface area contributed by atoms with Crippen LogP contribution in [0.25, 0.3) is 11.3 Å². The first kappa shape index (κ1) is 12.3. The van der Waals surface area contributed by atoms with E-state index >= 15 is 0 Å². The highest BCUT2D eigenvalue weighted by Crippen LogP contribution is 2.36. The Morgan fingerprint density at radius 1 is 1.11 bits per heavy atom. The van der Waals surface area contributed by atoms with Gasteiger partial charge in [-0.15, -0.1) is 0 Å². The van der Waals surface area contributed by atoms with Crippen LogP contribution in [-0.2, 0) is 6.18 Å². The highest BCUT2D eigenvalue weighted by molar-refractivity contribution is 5.65. The SMILES string of the molecule is Cc1cncc(-c2ncc(N)cc2C(F)(F)F)c1. The van der Waals surface area contributed by atoms with Crippen molar-refractivity contribution in [3.8, 4) is 11.3 Å². The monoisotopic (exact) mass is 253 g/mol. The van der Waals surface area contributed by atoms with E-state index in [1.807, 2.05) is 0 Å². The molecule has 18 heavy (non-hydrogen) atoms. The molecular formula is C12H10F3N3. The van der Waals surface area contributed by atoms with E-state index in [9.17, 15) is 13.2 Å². The lowest BCUT2D eigenvalue weighted by molar-refractivity contribution is -0.137. The van der Waals surface area contributed by atoms with Gasteiger partial charge in [0.25, 0.3) is 0 Å². The Hall–Kier alpha value is -2.11. The van der Waals surface area contributed by atoms with Crippen molar-refractivity contribution in [2.24, 2.45) is 0 Å². The average molecular weight is 253 g/mol. The van der Waals surface area contributed by atoms with Crippen molar-refractivity contribution in [1.29, 1.82) is 0 Å². The van der Waals surface area contributed by atoms with E-state index in [1.165, 1.54) is 12.4 Å². The minimum atomic E-state index is -4.50. The molecule has 0 aliphatic heterocycles. The Balaban J connectivity index is 2.64. The summed E-state index contributed by atoms with van der Waals surface area (Å²) in [4.78, 5) is 7.64. The number of pyridine rings is 2. The van der Waals surface area contributed by atoms with Crippen molar-refractivity contribution in [3.05, 3.63) is 41.9 Å². The Morgan fingerprint density at radius 2 is 1.83 bits per heavy atom. The summed E-state index contributed by atoms with van der Waals surface area (Å²) in [6, 6.07) is 2.48. The molecule has 0 aliphatic rings. The number of nitrogens with two attached hydrogens (primary N) is 1. The van der Waals surface area contributed by atoms with Gasteiger partial charge in [-0.2, -0.15) is 13.2 Å². The van der Waals surface area contributed by atoms with E-state index in [-0.39, 0.29) is 11.4 Å². The number of rotatable bonds is 1. The van der Waals surface area contributed by atoms with Crippen molar-refractivity contribution >= 4 is 5.69 Å². The van der Waals surface area contributed by atoms with Crippen LogP contribution in [0.5, 0.6) is 0 Å². The number of aromatic nitrogens is 2. The fourth-order valence-electron chi connectivity index (χ4n) is 1.61. The standard InChI is InChI=1S/C12H10F3N3/c1-7-2-8(5-17-4-7)11-10(12(13,14)15)3-9(16)6-18-11/h2-6H,16H2,1H3. The van der Waals surface area contributed by atoms with Crippen molar-refractivity contribution in [1.82, 2.24) is 9.97 Å². The first-order chi connectivity index (χ1) is 8.38. The third kappa shape index (κ3) is 2.42. The van der Waals surface area contributed by atoms with Crippen LogP contribution in [0.4, 0.5) is 18.9 Å². The highest BCUT2D eigenvalue weighted by atomic mass is 19.4. The third-order valence-corrected chi connectivity index (χ3v) is 2.36. The van der Waals surface area contributed by atoms with Crippen molar-refractivity contribution in [3.63, 3.8) is 0 Å².